The number of aromatic amines is 1. The maximum Gasteiger partial charge on any atom is 0.406 e. The fourth-order valence-corrected chi connectivity index (χ4v) is 3.94. The molecule has 0 amide bonds. The molecule has 0 bridgehead atoms. The second-order valence-corrected chi connectivity index (χ2v) is 8.22. The van der Waals surface area contributed by atoms with Crippen molar-refractivity contribution in [3.8, 4) is 0 Å². The second-order valence-electron chi connectivity index (χ2n) is 8.22. The van der Waals surface area contributed by atoms with Crippen molar-refractivity contribution in [1.29, 1.82) is 0 Å². The van der Waals surface area contributed by atoms with E-state index in [1.54, 1.807) is 24.1 Å². The molecule has 0 spiro atoms. The highest BCUT2D eigenvalue weighted by Crippen LogP contribution is 2.31. The molecule has 2 aromatic heterocycles. The van der Waals surface area contributed by atoms with Crippen LogP contribution < -0.4 is 10.5 Å². The first kappa shape index (κ1) is 21.9. The van der Waals surface area contributed by atoms with E-state index in [1.807, 2.05) is 55.4 Å². The summed E-state index contributed by atoms with van der Waals surface area (Å²) in [5, 5.41) is 0.532. The van der Waals surface area contributed by atoms with Crippen molar-refractivity contribution in [1.82, 2.24) is 19.4 Å². The topological polar surface area (TPSA) is 57.2 Å². The lowest BCUT2D eigenvalue weighted by molar-refractivity contribution is -0.139. The number of hydrogen-bond donors (Lipinski definition) is 1. The lowest BCUT2D eigenvalue weighted by atomic mass is 10.1. The minimum atomic E-state index is -4.48. The Hall–Kier alpha value is -3.33. The van der Waals surface area contributed by atoms with Crippen molar-refractivity contribution < 1.29 is 13.2 Å². The smallest absolute Gasteiger partial charge is 0.341 e. The van der Waals surface area contributed by atoms with E-state index in [0.717, 1.165) is 15.7 Å². The first-order valence-electron chi connectivity index (χ1n) is 10.1. The van der Waals surface area contributed by atoms with Crippen molar-refractivity contribution >= 4 is 27.9 Å². The summed E-state index contributed by atoms with van der Waals surface area (Å²) in [5.74, 6) is 0.301. The number of halogens is 3. The quantitative estimate of drug-likeness (QED) is 0.487. The Morgan fingerprint density at radius 2 is 1.72 bits per heavy atom. The monoisotopic (exact) mass is 443 g/mol. The second kappa shape index (κ2) is 8.31. The van der Waals surface area contributed by atoms with Gasteiger partial charge in [0.25, 0.3) is 5.56 Å². The molecule has 2 heterocycles. The molecule has 168 valence electrons. The zero-order valence-corrected chi connectivity index (χ0v) is 18.1. The van der Waals surface area contributed by atoms with Crippen molar-refractivity contribution in [2.45, 2.75) is 25.8 Å². The molecule has 2 aromatic carbocycles. The van der Waals surface area contributed by atoms with E-state index in [4.69, 9.17) is 0 Å². The average Bonchev–Trinajstić information content (AvgIpc) is 3.00. The summed E-state index contributed by atoms with van der Waals surface area (Å²) < 4.78 is 41.0. The van der Waals surface area contributed by atoms with Gasteiger partial charge in [-0.25, -0.2) is 4.98 Å². The number of rotatable bonds is 6. The summed E-state index contributed by atoms with van der Waals surface area (Å²) in [7, 11) is 5.61. The number of fused-ring (bicyclic) bond motifs is 3. The Labute approximate surface area is 182 Å². The van der Waals surface area contributed by atoms with Crippen LogP contribution in [0.25, 0.3) is 21.9 Å². The van der Waals surface area contributed by atoms with Crippen LogP contribution in [0.4, 0.5) is 19.1 Å². The van der Waals surface area contributed by atoms with E-state index in [0.29, 0.717) is 29.9 Å². The summed E-state index contributed by atoms with van der Waals surface area (Å²) in [5.41, 5.74) is 1.88. The zero-order chi connectivity index (χ0) is 23.0. The number of anilines is 1. The van der Waals surface area contributed by atoms with Gasteiger partial charge in [0.2, 0.25) is 5.95 Å². The molecule has 4 aromatic rings. The molecule has 9 heteroatoms. The van der Waals surface area contributed by atoms with Gasteiger partial charge >= 0.3 is 6.18 Å². The van der Waals surface area contributed by atoms with Crippen molar-refractivity contribution in [2.75, 3.05) is 26.0 Å². The Balaban J connectivity index is 1.89. The summed E-state index contributed by atoms with van der Waals surface area (Å²) in [6.07, 6.45) is -4.48. The summed E-state index contributed by atoms with van der Waals surface area (Å²) >= 11 is 0. The van der Waals surface area contributed by atoms with Gasteiger partial charge in [0, 0.05) is 25.5 Å². The number of nitrogens with zero attached hydrogens (tertiary/aromatic N) is 4. The molecule has 0 aliphatic carbocycles. The van der Waals surface area contributed by atoms with Crippen LogP contribution in [0, 0.1) is 0 Å². The van der Waals surface area contributed by atoms with E-state index in [9.17, 15) is 18.0 Å². The van der Waals surface area contributed by atoms with Crippen LogP contribution >= 0.6 is 0 Å². The number of aromatic nitrogens is 3. The molecule has 1 N–H and O–H groups in total. The van der Waals surface area contributed by atoms with Gasteiger partial charge in [-0.2, -0.15) is 13.2 Å². The lowest BCUT2D eigenvalue weighted by Gasteiger charge is -2.18. The average molecular weight is 443 g/mol. The molecular formula is C23H24F3N5O. The molecule has 0 aliphatic heterocycles. The molecule has 0 radical (unpaired) electrons. The molecule has 6 nitrogen and oxygen atoms in total. The Kier molecular flexibility index (Phi) is 5.68. The van der Waals surface area contributed by atoms with Crippen LogP contribution in [0.1, 0.15) is 11.1 Å². The minimum Gasteiger partial charge on any atom is -0.341 e. The third-order valence-corrected chi connectivity index (χ3v) is 5.22. The third-order valence-electron chi connectivity index (χ3n) is 5.22. The Morgan fingerprint density at radius 3 is 2.38 bits per heavy atom. The standard InChI is InChI=1S/C23H24F3N5O/c1-29(2)12-16-9-10-18-17(11-16)19-20(31(18)14-23(24,25)26)21(32)28-22(27-19)30(3)13-15-7-5-4-6-8-15/h4-11H,12-14H2,1-3H3,(H,27,28,32). The number of benzene rings is 2. The van der Waals surface area contributed by atoms with Crippen LogP contribution in [-0.2, 0) is 19.6 Å². The van der Waals surface area contributed by atoms with Gasteiger partial charge in [0.05, 0.1) is 5.52 Å². The Bertz CT molecular complexity index is 1310. The molecule has 0 fully saturated rings. The van der Waals surface area contributed by atoms with Gasteiger partial charge in [-0.3, -0.25) is 9.78 Å². The number of hydrogen-bond acceptors (Lipinski definition) is 4. The highest BCUT2D eigenvalue weighted by Gasteiger charge is 2.31. The molecule has 32 heavy (non-hydrogen) atoms. The predicted octanol–water partition coefficient (Wildman–Crippen LogP) is 4.14. The molecule has 0 aliphatic rings. The van der Waals surface area contributed by atoms with Gasteiger partial charge in [-0.1, -0.05) is 36.4 Å². The fourth-order valence-electron chi connectivity index (χ4n) is 3.94. The summed E-state index contributed by atoms with van der Waals surface area (Å²) in [6.45, 7) is -0.155. The summed E-state index contributed by atoms with van der Waals surface area (Å²) in [6, 6.07) is 14.9. The van der Waals surface area contributed by atoms with E-state index in [2.05, 4.69) is 9.97 Å². The van der Waals surface area contributed by atoms with E-state index >= 15 is 0 Å². The first-order chi connectivity index (χ1) is 15.1. The van der Waals surface area contributed by atoms with Crippen molar-refractivity contribution in [3.63, 3.8) is 0 Å². The summed E-state index contributed by atoms with van der Waals surface area (Å²) in [4.78, 5) is 24.0. The van der Waals surface area contributed by atoms with Gasteiger partial charge < -0.3 is 14.4 Å². The van der Waals surface area contributed by atoms with Crippen LogP contribution in [-0.4, -0.2) is 46.8 Å². The zero-order valence-electron chi connectivity index (χ0n) is 18.1. The largest absolute Gasteiger partial charge is 0.406 e. The third kappa shape index (κ3) is 4.47. The van der Waals surface area contributed by atoms with Gasteiger partial charge in [-0.05, 0) is 37.4 Å². The van der Waals surface area contributed by atoms with Gasteiger partial charge in [0.15, 0.2) is 0 Å². The van der Waals surface area contributed by atoms with Crippen LogP contribution in [0.3, 0.4) is 0 Å². The fraction of sp³-hybridized carbons (Fsp3) is 0.304. The first-order valence-corrected chi connectivity index (χ1v) is 10.1. The lowest BCUT2D eigenvalue weighted by Crippen LogP contribution is -2.25. The Morgan fingerprint density at radius 1 is 1.00 bits per heavy atom. The van der Waals surface area contributed by atoms with E-state index in [1.165, 1.54) is 0 Å². The van der Waals surface area contributed by atoms with Gasteiger partial charge in [0.1, 0.15) is 17.6 Å². The van der Waals surface area contributed by atoms with Crippen LogP contribution in [0.15, 0.2) is 53.3 Å². The highest BCUT2D eigenvalue weighted by molar-refractivity contribution is 6.06. The molecule has 0 unspecified atom stereocenters. The molecule has 0 atom stereocenters. The van der Waals surface area contributed by atoms with E-state index in [-0.39, 0.29) is 11.0 Å². The maximum absolute atomic E-state index is 13.3. The van der Waals surface area contributed by atoms with Crippen molar-refractivity contribution in [3.05, 3.63) is 70.0 Å². The minimum absolute atomic E-state index is 0.0730. The normalized spacial score (nSPS) is 12.2. The van der Waals surface area contributed by atoms with Crippen LogP contribution in [0.5, 0.6) is 0 Å². The molecule has 0 saturated heterocycles. The highest BCUT2D eigenvalue weighted by atomic mass is 19.4. The molecule has 4 rings (SSSR count). The maximum atomic E-state index is 13.3. The molecular weight excluding hydrogens is 419 g/mol. The van der Waals surface area contributed by atoms with Gasteiger partial charge in [-0.15, -0.1) is 0 Å². The number of H-pyrrole nitrogens is 1. The molecule has 0 saturated carbocycles. The SMILES string of the molecule is CN(C)Cc1ccc2c(c1)c1nc(N(C)Cc3ccccc3)[nH]c(=O)c1n2CC(F)(F)F. The van der Waals surface area contributed by atoms with Crippen LogP contribution in [0.2, 0.25) is 0 Å². The van der Waals surface area contributed by atoms with E-state index < -0.39 is 18.3 Å². The number of alkyl halides is 3. The van der Waals surface area contributed by atoms with Crippen molar-refractivity contribution in [2.24, 2.45) is 0 Å². The predicted molar refractivity (Wildman–Crippen MR) is 120 cm³/mol. The number of nitrogens with one attached hydrogen (secondary N) is 1.